The maximum atomic E-state index is 12.0. The molecule has 1 fully saturated rings. The number of nitrogens with one attached hydrogen (secondary N) is 2. The Bertz CT molecular complexity index is 452. The zero-order valence-corrected chi connectivity index (χ0v) is 13.2. The molecule has 1 aliphatic heterocycles. The Morgan fingerprint density at radius 2 is 2.05 bits per heavy atom. The maximum absolute atomic E-state index is 12.0. The maximum Gasteiger partial charge on any atom is 0.319 e. The van der Waals surface area contributed by atoms with Gasteiger partial charge in [0.1, 0.15) is 0 Å². The molecule has 0 saturated carbocycles. The average Bonchev–Trinajstić information content (AvgIpc) is 3.01. The number of anilines is 1. The van der Waals surface area contributed by atoms with E-state index in [-0.39, 0.29) is 18.2 Å². The molecule has 0 radical (unpaired) electrons. The summed E-state index contributed by atoms with van der Waals surface area (Å²) in [5, 5.41) is 5.82. The molecule has 1 aliphatic rings. The van der Waals surface area contributed by atoms with Gasteiger partial charge in [-0.1, -0.05) is 26.0 Å². The molecule has 4 nitrogen and oxygen atoms in total. The van der Waals surface area contributed by atoms with Gasteiger partial charge in [-0.25, -0.2) is 4.79 Å². The number of urea groups is 1. The van der Waals surface area contributed by atoms with Gasteiger partial charge in [-0.3, -0.25) is 0 Å². The van der Waals surface area contributed by atoms with E-state index in [0.29, 0.717) is 5.92 Å². The molecule has 1 saturated heterocycles. The third-order valence-corrected chi connectivity index (χ3v) is 4.23. The predicted octanol–water partition coefficient (Wildman–Crippen LogP) is 3.89. The SMILES string of the molecule is CC[C@@H](C)c1ccc(NC(=O)N[C@@H](C)[C@@H]2CCCO2)cc1. The van der Waals surface area contributed by atoms with Crippen LogP contribution in [0.4, 0.5) is 10.5 Å². The standard InChI is InChI=1S/C17H26N2O2/c1-4-12(2)14-7-9-15(10-8-14)19-17(20)18-13(3)16-6-5-11-21-16/h7-10,12-13,16H,4-6,11H2,1-3H3,(H2,18,19,20)/t12-,13+,16+/m1/s1. The molecule has 21 heavy (non-hydrogen) atoms. The molecule has 0 aromatic heterocycles. The first-order chi connectivity index (χ1) is 10.1. The van der Waals surface area contributed by atoms with Gasteiger partial charge in [-0.2, -0.15) is 0 Å². The van der Waals surface area contributed by atoms with Gasteiger partial charge in [0.25, 0.3) is 0 Å². The highest BCUT2D eigenvalue weighted by atomic mass is 16.5. The van der Waals surface area contributed by atoms with Crippen molar-refractivity contribution in [3.05, 3.63) is 29.8 Å². The summed E-state index contributed by atoms with van der Waals surface area (Å²) in [7, 11) is 0. The normalized spacial score (nSPS) is 20.8. The summed E-state index contributed by atoms with van der Waals surface area (Å²) in [6, 6.07) is 7.93. The molecule has 2 N–H and O–H groups in total. The Kier molecular flexibility index (Phi) is 5.62. The van der Waals surface area contributed by atoms with Crippen molar-refractivity contribution >= 4 is 11.7 Å². The number of amides is 2. The molecule has 0 bridgehead atoms. The Morgan fingerprint density at radius 1 is 1.33 bits per heavy atom. The molecule has 2 amide bonds. The summed E-state index contributed by atoms with van der Waals surface area (Å²) < 4.78 is 5.58. The second-order valence-corrected chi connectivity index (χ2v) is 5.87. The Labute approximate surface area is 127 Å². The van der Waals surface area contributed by atoms with Gasteiger partial charge in [0.15, 0.2) is 0 Å². The van der Waals surface area contributed by atoms with Gasteiger partial charge < -0.3 is 15.4 Å². The lowest BCUT2D eigenvalue weighted by Crippen LogP contribution is -2.42. The topological polar surface area (TPSA) is 50.4 Å². The van der Waals surface area contributed by atoms with Crippen molar-refractivity contribution in [2.24, 2.45) is 0 Å². The van der Waals surface area contributed by atoms with Crippen LogP contribution in [0.5, 0.6) is 0 Å². The van der Waals surface area contributed by atoms with E-state index >= 15 is 0 Å². The minimum Gasteiger partial charge on any atom is -0.376 e. The molecule has 1 heterocycles. The van der Waals surface area contributed by atoms with E-state index in [1.54, 1.807) is 0 Å². The molecule has 0 unspecified atom stereocenters. The summed E-state index contributed by atoms with van der Waals surface area (Å²) in [4.78, 5) is 12.0. The Hall–Kier alpha value is -1.55. The second-order valence-electron chi connectivity index (χ2n) is 5.87. The Morgan fingerprint density at radius 3 is 2.62 bits per heavy atom. The van der Waals surface area contributed by atoms with Gasteiger partial charge in [-0.15, -0.1) is 0 Å². The van der Waals surface area contributed by atoms with Crippen molar-refractivity contribution in [1.82, 2.24) is 5.32 Å². The molecular weight excluding hydrogens is 264 g/mol. The van der Waals surface area contributed by atoms with E-state index < -0.39 is 0 Å². The second kappa shape index (κ2) is 7.46. The number of ether oxygens (including phenoxy) is 1. The van der Waals surface area contributed by atoms with Crippen LogP contribution in [0.2, 0.25) is 0 Å². The van der Waals surface area contributed by atoms with E-state index in [9.17, 15) is 4.79 Å². The van der Waals surface area contributed by atoms with Crippen molar-refractivity contribution in [2.75, 3.05) is 11.9 Å². The van der Waals surface area contributed by atoms with Crippen LogP contribution < -0.4 is 10.6 Å². The molecule has 1 aromatic rings. The lowest BCUT2D eigenvalue weighted by molar-refractivity contribution is 0.0868. The lowest BCUT2D eigenvalue weighted by atomic mass is 9.99. The van der Waals surface area contributed by atoms with Crippen LogP contribution in [-0.4, -0.2) is 24.8 Å². The highest BCUT2D eigenvalue weighted by Gasteiger charge is 2.23. The monoisotopic (exact) mass is 290 g/mol. The van der Waals surface area contributed by atoms with Crippen molar-refractivity contribution < 1.29 is 9.53 Å². The van der Waals surface area contributed by atoms with Crippen LogP contribution in [0.1, 0.15) is 51.5 Å². The van der Waals surface area contributed by atoms with Crippen LogP contribution in [0.25, 0.3) is 0 Å². The molecular formula is C17H26N2O2. The zero-order valence-electron chi connectivity index (χ0n) is 13.2. The molecule has 4 heteroatoms. The molecule has 0 spiro atoms. The number of hydrogen-bond acceptors (Lipinski definition) is 2. The number of benzene rings is 1. The number of hydrogen-bond donors (Lipinski definition) is 2. The summed E-state index contributed by atoms with van der Waals surface area (Å²) >= 11 is 0. The van der Waals surface area contributed by atoms with Crippen molar-refractivity contribution in [1.29, 1.82) is 0 Å². The third-order valence-electron chi connectivity index (χ3n) is 4.23. The molecule has 2 rings (SSSR count). The van der Waals surface area contributed by atoms with Gasteiger partial charge in [0.2, 0.25) is 0 Å². The fourth-order valence-corrected chi connectivity index (χ4v) is 2.59. The smallest absolute Gasteiger partial charge is 0.319 e. The quantitative estimate of drug-likeness (QED) is 0.864. The largest absolute Gasteiger partial charge is 0.376 e. The lowest BCUT2D eigenvalue weighted by Gasteiger charge is -2.20. The third kappa shape index (κ3) is 4.46. The molecule has 3 atom stereocenters. The van der Waals surface area contributed by atoms with Gasteiger partial charge in [-0.05, 0) is 49.8 Å². The molecule has 0 aliphatic carbocycles. The fraction of sp³-hybridized carbons (Fsp3) is 0.588. The number of carbonyl (C=O) groups excluding carboxylic acids is 1. The van der Waals surface area contributed by atoms with E-state index in [4.69, 9.17) is 4.74 Å². The first kappa shape index (κ1) is 15.8. The fourth-order valence-electron chi connectivity index (χ4n) is 2.59. The van der Waals surface area contributed by atoms with Crippen LogP contribution in [0, 0.1) is 0 Å². The van der Waals surface area contributed by atoms with Gasteiger partial charge in [0.05, 0.1) is 12.1 Å². The number of rotatable bonds is 5. The van der Waals surface area contributed by atoms with Crippen LogP contribution in [-0.2, 0) is 4.74 Å². The minimum atomic E-state index is -0.172. The predicted molar refractivity (Wildman–Crippen MR) is 85.7 cm³/mol. The summed E-state index contributed by atoms with van der Waals surface area (Å²) in [5.74, 6) is 0.549. The van der Waals surface area contributed by atoms with Crippen LogP contribution in [0.15, 0.2) is 24.3 Å². The van der Waals surface area contributed by atoms with Crippen LogP contribution >= 0.6 is 0 Å². The minimum absolute atomic E-state index is 0.0342. The van der Waals surface area contributed by atoms with Crippen LogP contribution in [0.3, 0.4) is 0 Å². The first-order valence-corrected chi connectivity index (χ1v) is 7.89. The van der Waals surface area contributed by atoms with Crippen molar-refractivity contribution in [2.45, 2.75) is 58.1 Å². The van der Waals surface area contributed by atoms with Crippen molar-refractivity contribution in [3.8, 4) is 0 Å². The van der Waals surface area contributed by atoms with Crippen molar-refractivity contribution in [3.63, 3.8) is 0 Å². The van der Waals surface area contributed by atoms with E-state index in [1.807, 2.05) is 19.1 Å². The summed E-state index contributed by atoms with van der Waals surface area (Å²) in [6.07, 6.45) is 3.36. The van der Waals surface area contributed by atoms with E-state index in [2.05, 4.69) is 36.6 Å². The first-order valence-electron chi connectivity index (χ1n) is 7.89. The van der Waals surface area contributed by atoms with Gasteiger partial charge >= 0.3 is 6.03 Å². The van der Waals surface area contributed by atoms with E-state index in [0.717, 1.165) is 31.6 Å². The highest BCUT2D eigenvalue weighted by Crippen LogP contribution is 2.20. The summed E-state index contributed by atoms with van der Waals surface area (Å²) in [5.41, 5.74) is 2.12. The molecule has 1 aromatic carbocycles. The van der Waals surface area contributed by atoms with E-state index in [1.165, 1.54) is 5.56 Å². The Balaban J connectivity index is 1.84. The van der Waals surface area contributed by atoms with Gasteiger partial charge in [0, 0.05) is 12.3 Å². The highest BCUT2D eigenvalue weighted by molar-refractivity contribution is 5.89. The number of carbonyl (C=O) groups is 1. The average molecular weight is 290 g/mol. The summed E-state index contributed by atoms with van der Waals surface area (Å²) in [6.45, 7) is 7.17. The molecule has 116 valence electrons. The zero-order chi connectivity index (χ0) is 15.2.